The monoisotopic (exact) mass is 209 g/mol. The number of nitrogens with zero attached hydrogens (tertiary/aromatic N) is 2. The number of pyridine rings is 1. The summed E-state index contributed by atoms with van der Waals surface area (Å²) in [6.45, 7) is 0.220. The quantitative estimate of drug-likeness (QED) is 0.662. The fraction of sp³-hybridized carbons (Fsp3) is 0.500. The summed E-state index contributed by atoms with van der Waals surface area (Å²) in [5, 5.41) is 14.5. The number of hydrogen-bond donors (Lipinski definition) is 2. The molecule has 1 aromatic rings. The van der Waals surface area contributed by atoms with E-state index in [9.17, 15) is 4.91 Å². The fourth-order valence-corrected chi connectivity index (χ4v) is 1.41. The Hall–Kier alpha value is -1.33. The summed E-state index contributed by atoms with van der Waals surface area (Å²) in [6.07, 6.45) is 4.90. The number of nitroso groups, excluding NO2 is 1. The topological polar surface area (TPSA) is 74.6 Å². The van der Waals surface area contributed by atoms with Crippen molar-refractivity contribution >= 4 is 0 Å². The molecule has 0 unspecified atom stereocenters. The predicted octanol–water partition coefficient (Wildman–Crippen LogP) is 1.21. The average molecular weight is 209 g/mol. The van der Waals surface area contributed by atoms with E-state index in [4.69, 9.17) is 5.11 Å². The zero-order chi connectivity index (χ0) is 10.9. The summed E-state index contributed by atoms with van der Waals surface area (Å²) in [7, 11) is 0. The van der Waals surface area contributed by atoms with Crippen LogP contribution in [0, 0.1) is 4.91 Å². The Balaban J connectivity index is 2.58. The lowest BCUT2D eigenvalue weighted by Crippen LogP contribution is -2.21. The highest BCUT2D eigenvalue weighted by Gasteiger charge is 2.09. The molecule has 0 aromatic carbocycles. The molecule has 0 aliphatic carbocycles. The van der Waals surface area contributed by atoms with Gasteiger partial charge in [0.05, 0.1) is 0 Å². The normalized spacial score (nSPS) is 12.3. The van der Waals surface area contributed by atoms with Crippen LogP contribution < -0.4 is 5.32 Å². The van der Waals surface area contributed by atoms with Crippen molar-refractivity contribution in [1.82, 2.24) is 10.3 Å². The maximum Gasteiger partial charge on any atom is 0.131 e. The molecule has 0 spiro atoms. The Morgan fingerprint density at radius 1 is 1.60 bits per heavy atom. The van der Waals surface area contributed by atoms with Crippen LogP contribution in [-0.2, 0) is 0 Å². The minimum absolute atomic E-state index is 0.0311. The summed E-state index contributed by atoms with van der Waals surface area (Å²) < 4.78 is 0. The van der Waals surface area contributed by atoms with Crippen LogP contribution in [0.2, 0.25) is 0 Å². The molecule has 0 bridgehead atoms. The molecule has 1 atom stereocenters. The molecular formula is C10H15N3O2. The molecule has 1 rings (SSSR count). The van der Waals surface area contributed by atoms with E-state index >= 15 is 0 Å². The van der Waals surface area contributed by atoms with Crippen LogP contribution in [0.3, 0.4) is 0 Å². The van der Waals surface area contributed by atoms with Gasteiger partial charge in [-0.25, -0.2) is 0 Å². The van der Waals surface area contributed by atoms with Gasteiger partial charge in [-0.15, -0.1) is 4.91 Å². The molecular weight excluding hydrogens is 194 g/mol. The smallest absolute Gasteiger partial charge is 0.131 e. The molecule has 2 N–H and O–H groups in total. The number of nitrogens with one attached hydrogen (secondary N) is 1. The van der Waals surface area contributed by atoms with E-state index in [1.165, 1.54) is 0 Å². The van der Waals surface area contributed by atoms with Crippen LogP contribution in [0.5, 0.6) is 0 Å². The van der Waals surface area contributed by atoms with Gasteiger partial charge in [0.1, 0.15) is 6.67 Å². The lowest BCUT2D eigenvalue weighted by Gasteiger charge is -2.16. The second kappa shape index (κ2) is 7.03. The molecule has 0 aliphatic heterocycles. The van der Waals surface area contributed by atoms with Crippen molar-refractivity contribution in [2.45, 2.75) is 18.9 Å². The van der Waals surface area contributed by atoms with Crippen LogP contribution in [0.1, 0.15) is 24.4 Å². The third kappa shape index (κ3) is 4.14. The molecule has 82 valence electrons. The summed E-state index contributed by atoms with van der Waals surface area (Å²) in [4.78, 5) is 14.0. The summed E-state index contributed by atoms with van der Waals surface area (Å²) in [5.41, 5.74) is 1.01. The minimum Gasteiger partial charge on any atom is -0.396 e. The number of rotatable bonds is 7. The average Bonchev–Trinajstić information content (AvgIpc) is 2.30. The second-order valence-corrected chi connectivity index (χ2v) is 3.20. The molecule has 1 heterocycles. The minimum atomic E-state index is 0.0311. The highest BCUT2D eigenvalue weighted by molar-refractivity contribution is 5.13. The van der Waals surface area contributed by atoms with Gasteiger partial charge in [0, 0.05) is 25.0 Å². The van der Waals surface area contributed by atoms with Crippen LogP contribution in [0.15, 0.2) is 29.7 Å². The lowest BCUT2D eigenvalue weighted by molar-refractivity contribution is 0.275. The Bertz CT molecular complexity index is 279. The first-order chi connectivity index (χ1) is 7.38. The van der Waals surface area contributed by atoms with Gasteiger partial charge in [-0.3, -0.25) is 10.3 Å². The van der Waals surface area contributed by atoms with Crippen molar-refractivity contribution in [3.63, 3.8) is 0 Å². The van der Waals surface area contributed by atoms with Gasteiger partial charge in [-0.2, -0.15) is 0 Å². The number of aliphatic hydroxyl groups excluding tert-OH is 1. The highest BCUT2D eigenvalue weighted by Crippen LogP contribution is 2.16. The number of aliphatic hydroxyl groups is 1. The van der Waals surface area contributed by atoms with Crippen LogP contribution in [0.25, 0.3) is 0 Å². The highest BCUT2D eigenvalue weighted by atomic mass is 16.3. The fourth-order valence-electron chi connectivity index (χ4n) is 1.41. The van der Waals surface area contributed by atoms with Crippen molar-refractivity contribution in [3.05, 3.63) is 35.0 Å². The van der Waals surface area contributed by atoms with E-state index < -0.39 is 0 Å². The standard InChI is InChI=1S/C10H15N3O2/c14-6-2-4-10(12-8-13-15)9-3-1-5-11-7-9/h1,3,5,7,10,12,14H,2,4,6,8H2/t10-/m0/s1. The van der Waals surface area contributed by atoms with E-state index in [0.717, 1.165) is 12.0 Å². The van der Waals surface area contributed by atoms with Crippen molar-refractivity contribution in [3.8, 4) is 0 Å². The second-order valence-electron chi connectivity index (χ2n) is 3.20. The zero-order valence-electron chi connectivity index (χ0n) is 8.47. The van der Waals surface area contributed by atoms with E-state index in [0.29, 0.717) is 6.42 Å². The third-order valence-electron chi connectivity index (χ3n) is 2.14. The van der Waals surface area contributed by atoms with E-state index in [-0.39, 0.29) is 19.3 Å². The molecule has 0 aliphatic rings. The lowest BCUT2D eigenvalue weighted by atomic mass is 10.0. The maximum absolute atomic E-state index is 10.0. The third-order valence-corrected chi connectivity index (χ3v) is 2.14. The SMILES string of the molecule is O=NCN[C@@H](CCCO)c1cccnc1. The molecule has 0 saturated heterocycles. The van der Waals surface area contributed by atoms with Crippen LogP contribution in [-0.4, -0.2) is 23.4 Å². The van der Waals surface area contributed by atoms with Crippen molar-refractivity contribution in [1.29, 1.82) is 0 Å². The van der Waals surface area contributed by atoms with Gasteiger partial charge >= 0.3 is 0 Å². The van der Waals surface area contributed by atoms with Crippen molar-refractivity contribution in [2.24, 2.45) is 5.18 Å². The molecule has 0 amide bonds. The first kappa shape index (κ1) is 11.7. The van der Waals surface area contributed by atoms with E-state index in [1.807, 2.05) is 12.1 Å². The van der Waals surface area contributed by atoms with Crippen molar-refractivity contribution < 1.29 is 5.11 Å². The summed E-state index contributed by atoms with van der Waals surface area (Å²) in [5.74, 6) is 0. The zero-order valence-corrected chi connectivity index (χ0v) is 8.47. The number of hydrogen-bond acceptors (Lipinski definition) is 5. The van der Waals surface area contributed by atoms with E-state index in [2.05, 4.69) is 15.5 Å². The number of aromatic nitrogens is 1. The summed E-state index contributed by atoms with van der Waals surface area (Å²) >= 11 is 0. The van der Waals surface area contributed by atoms with Gasteiger partial charge in [-0.05, 0) is 24.5 Å². The van der Waals surface area contributed by atoms with Gasteiger partial charge in [-0.1, -0.05) is 11.2 Å². The Morgan fingerprint density at radius 2 is 2.47 bits per heavy atom. The first-order valence-electron chi connectivity index (χ1n) is 4.91. The molecule has 0 fully saturated rings. The van der Waals surface area contributed by atoms with Gasteiger partial charge < -0.3 is 5.11 Å². The molecule has 1 aromatic heterocycles. The van der Waals surface area contributed by atoms with Gasteiger partial charge in [0.25, 0.3) is 0 Å². The maximum atomic E-state index is 10.0. The van der Waals surface area contributed by atoms with Crippen LogP contribution in [0.4, 0.5) is 0 Å². The largest absolute Gasteiger partial charge is 0.396 e. The van der Waals surface area contributed by atoms with Gasteiger partial charge in [0.2, 0.25) is 0 Å². The predicted molar refractivity (Wildman–Crippen MR) is 57.1 cm³/mol. The molecule has 0 radical (unpaired) electrons. The van der Waals surface area contributed by atoms with Gasteiger partial charge in [0.15, 0.2) is 0 Å². The Morgan fingerprint density at radius 3 is 3.07 bits per heavy atom. The van der Waals surface area contributed by atoms with Crippen molar-refractivity contribution in [2.75, 3.05) is 13.3 Å². The molecule has 5 nitrogen and oxygen atoms in total. The first-order valence-corrected chi connectivity index (χ1v) is 4.91. The Labute approximate surface area is 88.5 Å². The molecule has 15 heavy (non-hydrogen) atoms. The molecule has 0 saturated carbocycles. The molecule has 5 heteroatoms. The Kier molecular flexibility index (Phi) is 5.50. The van der Waals surface area contributed by atoms with Crippen LogP contribution >= 0.6 is 0 Å². The summed E-state index contributed by atoms with van der Waals surface area (Å²) in [6, 6.07) is 3.81. The van der Waals surface area contributed by atoms with E-state index in [1.54, 1.807) is 12.4 Å².